The third-order valence-electron chi connectivity index (χ3n) is 6.42. The molecule has 0 aromatic carbocycles. The highest BCUT2D eigenvalue weighted by Gasteiger charge is 2.56. The van der Waals surface area contributed by atoms with Crippen LogP contribution >= 0.6 is 0 Å². The fourth-order valence-corrected chi connectivity index (χ4v) is 5.86. The Bertz CT molecular complexity index is 367. The van der Waals surface area contributed by atoms with Crippen molar-refractivity contribution in [3.05, 3.63) is 0 Å². The summed E-state index contributed by atoms with van der Waals surface area (Å²) in [4.78, 5) is 15.6. The number of rotatable bonds is 4. The Balaban J connectivity index is 1.57. The topological polar surface area (TPSA) is 32.3 Å². The Morgan fingerprint density at radius 3 is 2.05 bits per heavy atom. The van der Waals surface area contributed by atoms with Gasteiger partial charge in [-0.25, -0.2) is 0 Å². The third kappa shape index (κ3) is 1.93. The summed E-state index contributed by atoms with van der Waals surface area (Å²) in [5.74, 6) is 3.14. The van der Waals surface area contributed by atoms with Crippen molar-refractivity contribution in [2.24, 2.45) is 23.2 Å². The van der Waals surface area contributed by atoms with E-state index in [2.05, 4.69) is 17.1 Å². The highest BCUT2D eigenvalue weighted by molar-refractivity contribution is 5.83. The molecule has 5 fully saturated rings. The van der Waals surface area contributed by atoms with Gasteiger partial charge >= 0.3 is 0 Å². The van der Waals surface area contributed by atoms with E-state index in [-0.39, 0.29) is 5.41 Å². The first kappa shape index (κ1) is 13.1. The molecule has 4 saturated carbocycles. The maximum absolute atomic E-state index is 13.3. The molecule has 4 bridgehead atoms. The standard InChI is InChI=1S/C17H28N2O/c1-2-3-19(15-10-18-11-15)16(20)17-7-12-4-13(8-17)6-14(5-12)9-17/h12-15,18H,2-11H2,1H3. The molecule has 1 saturated heterocycles. The molecular formula is C17H28N2O. The number of nitrogens with one attached hydrogen (secondary N) is 1. The summed E-state index contributed by atoms with van der Waals surface area (Å²) >= 11 is 0. The lowest BCUT2D eigenvalue weighted by atomic mass is 9.49. The fourth-order valence-electron chi connectivity index (χ4n) is 5.86. The summed E-state index contributed by atoms with van der Waals surface area (Å²) in [5, 5.41) is 3.33. The van der Waals surface area contributed by atoms with Crippen LogP contribution in [-0.2, 0) is 4.79 Å². The molecule has 4 aliphatic carbocycles. The summed E-state index contributed by atoms with van der Waals surface area (Å²) in [6.45, 7) is 5.19. The molecule has 1 amide bonds. The Labute approximate surface area is 122 Å². The number of carbonyl (C=O) groups excluding carboxylic acids is 1. The minimum Gasteiger partial charge on any atom is -0.337 e. The van der Waals surface area contributed by atoms with Gasteiger partial charge in [0.25, 0.3) is 0 Å². The largest absolute Gasteiger partial charge is 0.337 e. The summed E-state index contributed by atoms with van der Waals surface area (Å²) in [6.07, 6.45) is 8.98. The van der Waals surface area contributed by atoms with E-state index in [0.717, 1.165) is 43.8 Å². The Hall–Kier alpha value is -0.570. The molecule has 0 aromatic rings. The minimum atomic E-state index is 0.0551. The first-order chi connectivity index (χ1) is 9.70. The average Bonchev–Trinajstić information content (AvgIpc) is 2.33. The first-order valence-corrected chi connectivity index (χ1v) is 8.72. The van der Waals surface area contributed by atoms with Crippen LogP contribution in [0.3, 0.4) is 0 Å². The Morgan fingerprint density at radius 1 is 1.10 bits per heavy atom. The molecule has 0 atom stereocenters. The molecule has 5 aliphatic rings. The van der Waals surface area contributed by atoms with E-state index in [1.165, 1.54) is 38.5 Å². The lowest BCUT2D eigenvalue weighted by molar-refractivity contribution is -0.161. The van der Waals surface area contributed by atoms with Gasteiger partial charge in [-0.2, -0.15) is 0 Å². The summed E-state index contributed by atoms with van der Waals surface area (Å²) < 4.78 is 0. The van der Waals surface area contributed by atoms with Crippen LogP contribution in [0.5, 0.6) is 0 Å². The summed E-state index contributed by atoms with van der Waals surface area (Å²) in [7, 11) is 0. The van der Waals surface area contributed by atoms with Crippen LogP contribution in [0.25, 0.3) is 0 Å². The third-order valence-corrected chi connectivity index (χ3v) is 6.42. The molecule has 3 nitrogen and oxygen atoms in total. The molecular weight excluding hydrogens is 248 g/mol. The van der Waals surface area contributed by atoms with Gasteiger partial charge in [0.15, 0.2) is 0 Å². The second-order valence-electron chi connectivity index (χ2n) is 8.01. The second-order valence-corrected chi connectivity index (χ2v) is 8.01. The first-order valence-electron chi connectivity index (χ1n) is 8.72. The van der Waals surface area contributed by atoms with E-state index >= 15 is 0 Å². The SMILES string of the molecule is CCCN(C(=O)C12CC3CC(CC(C3)C1)C2)C1CNC1. The molecule has 0 radical (unpaired) electrons. The lowest BCUT2D eigenvalue weighted by Gasteiger charge is -2.57. The van der Waals surface area contributed by atoms with Gasteiger partial charge in [0.1, 0.15) is 0 Å². The van der Waals surface area contributed by atoms with Gasteiger partial charge in [-0.15, -0.1) is 0 Å². The predicted octanol–water partition coefficient (Wildman–Crippen LogP) is 2.41. The van der Waals surface area contributed by atoms with Crippen LogP contribution < -0.4 is 5.32 Å². The molecule has 1 N–H and O–H groups in total. The molecule has 1 aliphatic heterocycles. The van der Waals surface area contributed by atoms with Gasteiger partial charge < -0.3 is 10.2 Å². The highest BCUT2D eigenvalue weighted by Crippen LogP contribution is 2.60. The van der Waals surface area contributed by atoms with Crippen molar-refractivity contribution in [1.82, 2.24) is 10.2 Å². The molecule has 20 heavy (non-hydrogen) atoms. The molecule has 5 rings (SSSR count). The van der Waals surface area contributed by atoms with Gasteiger partial charge in [-0.1, -0.05) is 6.92 Å². The highest BCUT2D eigenvalue weighted by atomic mass is 16.2. The Kier molecular flexibility index (Phi) is 3.10. The molecule has 3 heteroatoms. The molecule has 0 unspecified atom stereocenters. The van der Waals surface area contributed by atoms with Crippen LogP contribution in [0.2, 0.25) is 0 Å². The van der Waals surface area contributed by atoms with E-state index < -0.39 is 0 Å². The van der Waals surface area contributed by atoms with Crippen molar-refractivity contribution in [3.8, 4) is 0 Å². The molecule has 1 heterocycles. The predicted molar refractivity (Wildman–Crippen MR) is 79.3 cm³/mol. The lowest BCUT2D eigenvalue weighted by Crippen LogP contribution is -2.63. The number of amides is 1. The van der Waals surface area contributed by atoms with Crippen LogP contribution in [0, 0.1) is 23.2 Å². The van der Waals surface area contributed by atoms with Crippen molar-refractivity contribution in [1.29, 1.82) is 0 Å². The average molecular weight is 276 g/mol. The summed E-state index contributed by atoms with van der Waals surface area (Å²) in [5.41, 5.74) is 0.0551. The van der Waals surface area contributed by atoms with Crippen molar-refractivity contribution in [2.75, 3.05) is 19.6 Å². The van der Waals surface area contributed by atoms with Crippen LogP contribution in [0.15, 0.2) is 0 Å². The van der Waals surface area contributed by atoms with Crippen molar-refractivity contribution in [3.63, 3.8) is 0 Å². The van der Waals surface area contributed by atoms with Gasteiger partial charge in [0.05, 0.1) is 11.5 Å². The van der Waals surface area contributed by atoms with Crippen molar-refractivity contribution >= 4 is 5.91 Å². The van der Waals surface area contributed by atoms with Crippen molar-refractivity contribution < 1.29 is 4.79 Å². The number of hydrogen-bond donors (Lipinski definition) is 1. The van der Waals surface area contributed by atoms with Gasteiger partial charge in [0.2, 0.25) is 5.91 Å². The van der Waals surface area contributed by atoms with Crippen LogP contribution in [0.1, 0.15) is 51.9 Å². The van der Waals surface area contributed by atoms with Gasteiger partial charge in [-0.05, 0) is 62.7 Å². The number of nitrogens with zero attached hydrogens (tertiary/aromatic N) is 1. The number of hydrogen-bond acceptors (Lipinski definition) is 2. The smallest absolute Gasteiger partial charge is 0.229 e. The fraction of sp³-hybridized carbons (Fsp3) is 0.941. The van der Waals surface area contributed by atoms with E-state index in [1.807, 2.05) is 0 Å². The minimum absolute atomic E-state index is 0.0551. The zero-order chi connectivity index (χ0) is 13.7. The molecule has 0 spiro atoms. The van der Waals surface area contributed by atoms with Crippen LogP contribution in [0.4, 0.5) is 0 Å². The van der Waals surface area contributed by atoms with E-state index in [1.54, 1.807) is 0 Å². The van der Waals surface area contributed by atoms with E-state index in [0.29, 0.717) is 11.9 Å². The number of carbonyl (C=O) groups is 1. The molecule has 0 aromatic heterocycles. The van der Waals surface area contributed by atoms with E-state index in [4.69, 9.17) is 0 Å². The van der Waals surface area contributed by atoms with E-state index in [9.17, 15) is 4.79 Å². The molecule has 112 valence electrons. The second kappa shape index (κ2) is 4.72. The normalized spacial score (nSPS) is 42.5. The quantitative estimate of drug-likeness (QED) is 0.855. The van der Waals surface area contributed by atoms with Crippen molar-refractivity contribution in [2.45, 2.75) is 57.9 Å². The van der Waals surface area contributed by atoms with Gasteiger partial charge in [0, 0.05) is 19.6 Å². The zero-order valence-corrected chi connectivity index (χ0v) is 12.7. The maximum Gasteiger partial charge on any atom is 0.229 e. The Morgan fingerprint density at radius 2 is 1.65 bits per heavy atom. The monoisotopic (exact) mass is 276 g/mol. The maximum atomic E-state index is 13.3. The zero-order valence-electron chi connectivity index (χ0n) is 12.7. The van der Waals surface area contributed by atoms with Gasteiger partial charge in [-0.3, -0.25) is 4.79 Å². The summed E-state index contributed by atoms with van der Waals surface area (Å²) in [6, 6.07) is 0.482. The van der Waals surface area contributed by atoms with Crippen LogP contribution in [-0.4, -0.2) is 36.5 Å².